The summed E-state index contributed by atoms with van der Waals surface area (Å²) in [5, 5.41) is 49.0. The van der Waals surface area contributed by atoms with E-state index < -0.39 is 29.7 Å². The summed E-state index contributed by atoms with van der Waals surface area (Å²) in [7, 11) is 1.38. The van der Waals surface area contributed by atoms with Gasteiger partial charge in [-0.3, -0.25) is 0 Å². The van der Waals surface area contributed by atoms with Crippen LogP contribution in [0, 0.1) is 17.4 Å². The zero-order valence-corrected chi connectivity index (χ0v) is 34.7. The zero-order valence-electron chi connectivity index (χ0n) is 33.1. The lowest BCUT2D eigenvalue weighted by atomic mass is 9.92. The first kappa shape index (κ1) is 42.4. The van der Waals surface area contributed by atoms with E-state index in [2.05, 4.69) is 47.5 Å². The van der Waals surface area contributed by atoms with Crippen molar-refractivity contribution in [3.8, 4) is 56.3 Å². The highest BCUT2D eigenvalue weighted by Crippen LogP contribution is 2.61. The van der Waals surface area contributed by atoms with Gasteiger partial charge in [0.1, 0.15) is 68.8 Å². The van der Waals surface area contributed by atoms with Crippen LogP contribution in [-0.2, 0) is 15.6 Å². The van der Waals surface area contributed by atoms with Crippen LogP contribution < -0.4 is 28.4 Å². The second-order valence-corrected chi connectivity index (χ2v) is 18.2. The Morgan fingerprint density at radius 3 is 1.67 bits per heavy atom. The van der Waals surface area contributed by atoms with Crippen LogP contribution in [0.3, 0.4) is 0 Å². The number of rotatable bonds is 12. The number of carboxylic acids is 2. The normalized spacial score (nSPS) is 16.9. The lowest BCUT2D eigenvalue weighted by Crippen LogP contribution is -2.44. The second kappa shape index (κ2) is 16.6. The summed E-state index contributed by atoms with van der Waals surface area (Å²) in [6.07, 6.45) is -0.989. The van der Waals surface area contributed by atoms with Crippen LogP contribution in [0.1, 0.15) is 95.5 Å². The molecule has 0 aliphatic carbocycles. The Hall–Kier alpha value is -5.18. The van der Waals surface area contributed by atoms with E-state index >= 15 is 0 Å². The van der Waals surface area contributed by atoms with Crippen LogP contribution in [0.25, 0.3) is 9.75 Å². The molecule has 2 atom stereocenters. The third-order valence-corrected chi connectivity index (χ3v) is 12.6. The van der Waals surface area contributed by atoms with Crippen LogP contribution in [0.5, 0.6) is 34.5 Å². The van der Waals surface area contributed by atoms with Crippen molar-refractivity contribution in [2.45, 2.75) is 64.8 Å². The maximum Gasteiger partial charge on any atom is 0.335 e. The van der Waals surface area contributed by atoms with Gasteiger partial charge in [0.15, 0.2) is 29.3 Å². The number of fused-ring (bicyclic) bond motifs is 2. The summed E-state index contributed by atoms with van der Waals surface area (Å²) < 4.78 is 43.9. The number of methoxy groups -OCH3 is 1. The Morgan fingerprint density at radius 1 is 0.724 bits per heavy atom. The van der Waals surface area contributed by atoms with Crippen molar-refractivity contribution in [3.05, 3.63) is 68.4 Å². The van der Waals surface area contributed by atoms with Crippen LogP contribution >= 0.6 is 22.7 Å². The van der Waals surface area contributed by atoms with Crippen molar-refractivity contribution < 1.29 is 68.3 Å². The van der Waals surface area contributed by atoms with E-state index in [4.69, 9.17) is 33.2 Å². The predicted octanol–water partition coefficient (Wildman–Crippen LogP) is 7.16. The van der Waals surface area contributed by atoms with E-state index in [1.54, 1.807) is 28.7 Å². The summed E-state index contributed by atoms with van der Waals surface area (Å²) in [6.45, 7) is 12.9. The molecule has 58 heavy (non-hydrogen) atoms. The lowest BCUT2D eigenvalue weighted by Gasteiger charge is -2.31. The summed E-state index contributed by atoms with van der Waals surface area (Å²) in [5.41, 5.74) is -1.90. The molecule has 4 aromatic rings. The van der Waals surface area contributed by atoms with E-state index in [-0.39, 0.29) is 65.4 Å². The number of aromatic carboxylic acids is 2. The highest BCUT2D eigenvalue weighted by Gasteiger charge is 2.43. The average molecular weight is 839 g/mol. The Morgan fingerprint density at radius 2 is 1.19 bits per heavy atom. The van der Waals surface area contributed by atoms with E-state index in [1.807, 2.05) is 6.11 Å². The first-order valence-electron chi connectivity index (χ1n) is 18.3. The monoisotopic (exact) mass is 838 g/mol. The molecule has 1 unspecified atom stereocenters. The van der Waals surface area contributed by atoms with Gasteiger partial charge in [0.25, 0.3) is 0 Å². The van der Waals surface area contributed by atoms with Gasteiger partial charge in [0, 0.05) is 23.5 Å². The number of benzene rings is 2. The van der Waals surface area contributed by atoms with E-state index in [0.717, 1.165) is 25.6 Å². The van der Waals surface area contributed by atoms with Crippen LogP contribution in [-0.4, -0.2) is 84.2 Å². The quantitative estimate of drug-likeness (QED) is 0.0711. The highest BCUT2D eigenvalue weighted by molar-refractivity contribution is 7.23. The minimum Gasteiger partial charge on any atom is -0.493 e. The fourth-order valence-electron chi connectivity index (χ4n) is 6.37. The molecule has 14 nitrogen and oxygen atoms in total. The molecule has 2 aliphatic heterocycles. The number of hydrogen-bond acceptors (Lipinski definition) is 14. The maximum atomic E-state index is 11.9. The van der Waals surface area contributed by atoms with Crippen molar-refractivity contribution in [1.29, 1.82) is 0 Å². The summed E-state index contributed by atoms with van der Waals surface area (Å²) in [5.74, 6) is 2.40. The average Bonchev–Trinajstić information content (AvgIpc) is 3.69. The number of thiophene rings is 2. The first-order valence-corrected chi connectivity index (χ1v) is 19.9. The van der Waals surface area contributed by atoms with Crippen molar-refractivity contribution >= 4 is 34.6 Å². The van der Waals surface area contributed by atoms with Gasteiger partial charge in [-0.05, 0) is 47.9 Å². The minimum absolute atomic E-state index is 0.0126. The highest BCUT2D eigenvalue weighted by atomic mass is 32.1. The first-order chi connectivity index (χ1) is 27.3. The van der Waals surface area contributed by atoms with Crippen molar-refractivity contribution in [2.75, 3.05) is 46.8 Å². The Labute approximate surface area is 343 Å². The number of aliphatic hydroxyl groups is 3. The number of hydrogen-bond donors (Lipinski definition) is 5. The Bertz CT molecular complexity index is 2220. The molecular formula is C42H46O14S2. The molecule has 2 aliphatic rings. The number of aliphatic hydroxyl groups excluding tert-OH is 2. The molecule has 0 saturated carbocycles. The molecule has 2 aromatic heterocycles. The van der Waals surface area contributed by atoms with Crippen molar-refractivity contribution in [3.63, 3.8) is 0 Å². The SMILES string of the molecule is COC(C#CO)c1cc(OC[C@]2(COc3cc(C(=O)O)cc(C(=O)O)c3)COc3c(-c4sc(C(C)(C)C)c5c4OCCO5)sc(C(C)(C)C)c3OC2)cc(C(O)O)c1. The van der Waals surface area contributed by atoms with Gasteiger partial charge >= 0.3 is 11.9 Å². The largest absolute Gasteiger partial charge is 0.493 e. The van der Waals surface area contributed by atoms with Gasteiger partial charge in [-0.25, -0.2) is 9.59 Å². The maximum absolute atomic E-state index is 11.9. The molecule has 5 N–H and O–H groups in total. The van der Waals surface area contributed by atoms with Gasteiger partial charge in [-0.15, -0.1) is 22.7 Å². The Balaban J connectivity index is 1.43. The van der Waals surface area contributed by atoms with Crippen molar-refractivity contribution in [1.82, 2.24) is 0 Å². The zero-order chi connectivity index (χ0) is 42.2. The predicted molar refractivity (Wildman–Crippen MR) is 214 cm³/mol. The molecule has 6 rings (SSSR count). The van der Waals surface area contributed by atoms with E-state index in [1.165, 1.54) is 31.4 Å². The van der Waals surface area contributed by atoms with E-state index in [9.17, 15) is 35.1 Å². The van der Waals surface area contributed by atoms with Crippen LogP contribution in [0.4, 0.5) is 0 Å². The second-order valence-electron chi connectivity index (χ2n) is 16.1. The minimum atomic E-state index is -1.88. The summed E-state index contributed by atoms with van der Waals surface area (Å²) >= 11 is 3.13. The van der Waals surface area contributed by atoms with Gasteiger partial charge < -0.3 is 58.7 Å². The molecule has 4 heterocycles. The third-order valence-electron chi connectivity index (χ3n) is 9.31. The van der Waals surface area contributed by atoms with E-state index in [0.29, 0.717) is 41.8 Å². The van der Waals surface area contributed by atoms with Gasteiger partial charge in [-0.2, -0.15) is 0 Å². The van der Waals surface area contributed by atoms with Crippen molar-refractivity contribution in [2.24, 2.45) is 5.41 Å². The molecule has 0 spiro atoms. The van der Waals surface area contributed by atoms with Crippen LogP contribution in [0.15, 0.2) is 36.4 Å². The fourth-order valence-corrected chi connectivity index (χ4v) is 8.99. The molecule has 0 radical (unpaired) electrons. The molecule has 0 fully saturated rings. The molecule has 0 saturated heterocycles. The molecule has 16 heteroatoms. The molecule has 0 bridgehead atoms. The van der Waals surface area contributed by atoms with Gasteiger partial charge in [-0.1, -0.05) is 41.5 Å². The standard InChI is InChI=1S/C42H46O14S2/c1-40(2,3)35-31-29(51-10-11-52-31)33(57-35)34-30-32(36(58-34)41(4,5)6)56-21-42(20-55-30,19-54-27-16-24(38(46)47)13-25(17-27)39(48)49)18-53-26-14-22(28(50-7)8-9-43)12-23(15-26)37(44)45/h12-17,28,37,43-45H,10-11,18-21H2,1-7H3,(H,46,47)(H,48,49)/t28?,42-/m0/s1. The molecular weight excluding hydrogens is 793 g/mol. The summed E-state index contributed by atoms with van der Waals surface area (Å²) in [6, 6.07) is 7.96. The fraction of sp³-hybridized carbons (Fsp3) is 0.429. The molecule has 2 aromatic carbocycles. The van der Waals surface area contributed by atoms with Gasteiger partial charge in [0.05, 0.1) is 30.6 Å². The number of carbonyl (C=O) groups is 2. The number of carboxylic acid groups (broad SMARTS) is 2. The Kier molecular flexibility index (Phi) is 12.1. The molecule has 310 valence electrons. The topological polar surface area (TPSA) is 200 Å². The van der Waals surface area contributed by atoms with Gasteiger partial charge in [0.2, 0.25) is 0 Å². The molecule has 0 amide bonds. The van der Waals surface area contributed by atoms with Crippen LogP contribution in [0.2, 0.25) is 0 Å². The summed E-state index contributed by atoms with van der Waals surface area (Å²) in [4.78, 5) is 27.4. The smallest absolute Gasteiger partial charge is 0.335 e. The number of ether oxygens (including phenoxy) is 7. The third kappa shape index (κ3) is 8.93. The lowest BCUT2D eigenvalue weighted by molar-refractivity contribution is -0.0429.